The van der Waals surface area contributed by atoms with Gasteiger partial charge in [-0.1, -0.05) is 18.5 Å². The van der Waals surface area contributed by atoms with Crippen molar-refractivity contribution >= 4 is 23.1 Å². The Balaban J connectivity index is 2.05. The predicted molar refractivity (Wildman–Crippen MR) is 68.3 cm³/mol. The summed E-state index contributed by atoms with van der Waals surface area (Å²) in [7, 11) is 0. The highest BCUT2D eigenvalue weighted by atomic mass is 35.5. The van der Waals surface area contributed by atoms with E-state index < -0.39 is 0 Å². The summed E-state index contributed by atoms with van der Waals surface area (Å²) in [5.41, 5.74) is 6.24. The van der Waals surface area contributed by atoms with Gasteiger partial charge >= 0.3 is 0 Å². The quantitative estimate of drug-likeness (QED) is 0.805. The lowest BCUT2D eigenvalue weighted by Crippen LogP contribution is -2.20. The van der Waals surface area contributed by atoms with E-state index in [2.05, 4.69) is 15.3 Å². The fraction of sp³-hybridized carbons (Fsp3) is 0.636. The van der Waals surface area contributed by atoms with Gasteiger partial charge in [0.05, 0.1) is 6.10 Å². The van der Waals surface area contributed by atoms with Gasteiger partial charge in [-0.3, -0.25) is 0 Å². The standard InChI is InChI=1S/C11H17ClN4O/c1-2-8-15-10(12)9(13)11(16-8)14-6-7-4-3-5-17-7/h7H,2-6,13H2,1H3,(H,14,15,16). The van der Waals surface area contributed by atoms with Crippen molar-refractivity contribution in [3.8, 4) is 0 Å². The van der Waals surface area contributed by atoms with Crippen LogP contribution in [0.1, 0.15) is 25.6 Å². The van der Waals surface area contributed by atoms with E-state index >= 15 is 0 Å². The average molecular weight is 257 g/mol. The summed E-state index contributed by atoms with van der Waals surface area (Å²) < 4.78 is 5.52. The van der Waals surface area contributed by atoms with Gasteiger partial charge in [-0.05, 0) is 12.8 Å². The molecule has 2 rings (SSSR count). The lowest BCUT2D eigenvalue weighted by molar-refractivity contribution is 0.120. The Morgan fingerprint density at radius 1 is 1.53 bits per heavy atom. The minimum absolute atomic E-state index is 0.244. The Morgan fingerprint density at radius 3 is 3.00 bits per heavy atom. The third-order valence-electron chi connectivity index (χ3n) is 2.78. The van der Waals surface area contributed by atoms with Crippen molar-refractivity contribution in [3.63, 3.8) is 0 Å². The van der Waals surface area contributed by atoms with Crippen molar-refractivity contribution in [3.05, 3.63) is 11.0 Å². The van der Waals surface area contributed by atoms with Gasteiger partial charge in [0.2, 0.25) is 0 Å². The van der Waals surface area contributed by atoms with Crippen molar-refractivity contribution in [1.29, 1.82) is 0 Å². The molecule has 0 bridgehead atoms. The Hall–Kier alpha value is -1.07. The van der Waals surface area contributed by atoms with E-state index in [9.17, 15) is 0 Å². The highest BCUT2D eigenvalue weighted by molar-refractivity contribution is 6.32. The van der Waals surface area contributed by atoms with Crippen LogP contribution in [0.15, 0.2) is 0 Å². The Bertz CT molecular complexity index is 393. The predicted octanol–water partition coefficient (Wildman–Crippen LogP) is 1.87. The number of nitrogen functional groups attached to an aromatic ring is 1. The monoisotopic (exact) mass is 256 g/mol. The van der Waals surface area contributed by atoms with E-state index in [1.54, 1.807) is 0 Å². The molecule has 94 valence electrons. The van der Waals surface area contributed by atoms with Gasteiger partial charge in [0.1, 0.15) is 11.5 Å². The van der Waals surface area contributed by atoms with Crippen LogP contribution in [0.3, 0.4) is 0 Å². The molecule has 5 nitrogen and oxygen atoms in total. The number of aryl methyl sites for hydroxylation is 1. The zero-order chi connectivity index (χ0) is 12.3. The Morgan fingerprint density at radius 2 is 2.35 bits per heavy atom. The average Bonchev–Trinajstić information content (AvgIpc) is 2.84. The maximum Gasteiger partial charge on any atom is 0.157 e. The maximum absolute atomic E-state index is 5.95. The molecule has 1 atom stereocenters. The fourth-order valence-corrected chi connectivity index (χ4v) is 1.98. The molecule has 0 saturated carbocycles. The topological polar surface area (TPSA) is 73.1 Å². The Labute approximate surface area is 106 Å². The van der Waals surface area contributed by atoms with Crippen molar-refractivity contribution in [2.24, 2.45) is 0 Å². The lowest BCUT2D eigenvalue weighted by atomic mass is 10.2. The second-order valence-electron chi connectivity index (χ2n) is 4.06. The highest BCUT2D eigenvalue weighted by Crippen LogP contribution is 2.24. The van der Waals surface area contributed by atoms with Crippen LogP contribution < -0.4 is 11.1 Å². The van der Waals surface area contributed by atoms with Crippen LogP contribution in [0.4, 0.5) is 11.5 Å². The Kier molecular flexibility index (Phi) is 4.02. The van der Waals surface area contributed by atoms with E-state index in [0.29, 0.717) is 29.0 Å². The minimum atomic E-state index is 0.244. The maximum atomic E-state index is 5.95. The number of nitrogens with two attached hydrogens (primary N) is 1. The number of aromatic nitrogens is 2. The smallest absolute Gasteiger partial charge is 0.157 e. The molecule has 1 aromatic heterocycles. The number of ether oxygens (including phenoxy) is 1. The number of hydrogen-bond acceptors (Lipinski definition) is 5. The van der Waals surface area contributed by atoms with Crippen molar-refractivity contribution < 1.29 is 4.74 Å². The molecule has 1 saturated heterocycles. The summed E-state index contributed by atoms with van der Waals surface area (Å²) >= 11 is 5.95. The first-order chi connectivity index (χ1) is 8.20. The SMILES string of the molecule is CCc1nc(Cl)c(N)c(NCC2CCCO2)n1. The van der Waals surface area contributed by atoms with Gasteiger partial charge in [-0.2, -0.15) is 0 Å². The molecule has 0 amide bonds. The van der Waals surface area contributed by atoms with Crippen molar-refractivity contribution in [2.45, 2.75) is 32.3 Å². The number of nitrogens with one attached hydrogen (secondary N) is 1. The fourth-order valence-electron chi connectivity index (χ4n) is 1.79. The van der Waals surface area contributed by atoms with Gasteiger partial charge in [-0.15, -0.1) is 0 Å². The van der Waals surface area contributed by atoms with Crippen LogP contribution in [0.5, 0.6) is 0 Å². The molecular formula is C11H17ClN4O. The highest BCUT2D eigenvalue weighted by Gasteiger charge is 2.16. The number of rotatable bonds is 4. The van der Waals surface area contributed by atoms with Gasteiger partial charge in [0.25, 0.3) is 0 Å². The second kappa shape index (κ2) is 5.51. The second-order valence-corrected chi connectivity index (χ2v) is 4.42. The summed E-state index contributed by atoms with van der Waals surface area (Å²) in [6.07, 6.45) is 3.17. The van der Waals surface area contributed by atoms with Crippen LogP contribution in [-0.2, 0) is 11.2 Å². The molecule has 17 heavy (non-hydrogen) atoms. The molecule has 3 N–H and O–H groups in total. The van der Waals surface area contributed by atoms with E-state index in [1.165, 1.54) is 0 Å². The summed E-state index contributed by atoms with van der Waals surface area (Å²) in [5, 5.41) is 3.50. The van der Waals surface area contributed by atoms with Gasteiger partial charge in [-0.25, -0.2) is 9.97 Å². The lowest BCUT2D eigenvalue weighted by Gasteiger charge is -2.13. The van der Waals surface area contributed by atoms with Gasteiger partial charge in [0, 0.05) is 19.6 Å². The van der Waals surface area contributed by atoms with Crippen molar-refractivity contribution in [2.75, 3.05) is 24.2 Å². The summed E-state index contributed by atoms with van der Waals surface area (Å²) in [4.78, 5) is 8.42. The van der Waals surface area contributed by atoms with Crippen LogP contribution in [0.25, 0.3) is 0 Å². The van der Waals surface area contributed by atoms with E-state index in [1.807, 2.05) is 6.92 Å². The molecule has 0 aromatic carbocycles. The van der Waals surface area contributed by atoms with Crippen LogP contribution in [0, 0.1) is 0 Å². The zero-order valence-corrected chi connectivity index (χ0v) is 10.6. The third-order valence-corrected chi connectivity index (χ3v) is 3.07. The first-order valence-corrected chi connectivity index (χ1v) is 6.26. The molecule has 0 radical (unpaired) electrons. The molecule has 1 unspecified atom stereocenters. The van der Waals surface area contributed by atoms with Gasteiger partial charge < -0.3 is 15.8 Å². The first-order valence-electron chi connectivity index (χ1n) is 5.88. The first kappa shape index (κ1) is 12.4. The molecule has 1 aliphatic heterocycles. The van der Waals surface area contributed by atoms with Crippen molar-refractivity contribution in [1.82, 2.24) is 9.97 Å². The minimum Gasteiger partial charge on any atom is -0.393 e. The van der Waals surface area contributed by atoms with E-state index in [4.69, 9.17) is 22.1 Å². The summed E-state index contributed by atoms with van der Waals surface area (Å²) in [6.45, 7) is 3.53. The molecule has 0 spiro atoms. The van der Waals surface area contributed by atoms with E-state index in [0.717, 1.165) is 25.9 Å². The largest absolute Gasteiger partial charge is 0.393 e. The van der Waals surface area contributed by atoms with E-state index in [-0.39, 0.29) is 6.10 Å². The molecule has 1 fully saturated rings. The van der Waals surface area contributed by atoms with Crippen LogP contribution in [0.2, 0.25) is 5.15 Å². The molecule has 6 heteroatoms. The normalized spacial score (nSPS) is 19.5. The number of hydrogen-bond donors (Lipinski definition) is 2. The zero-order valence-electron chi connectivity index (χ0n) is 9.87. The molecule has 0 aliphatic carbocycles. The number of halogens is 1. The molecule has 1 aromatic rings. The summed E-state index contributed by atoms with van der Waals surface area (Å²) in [6, 6.07) is 0. The molecule has 2 heterocycles. The molecule has 1 aliphatic rings. The number of nitrogens with zero attached hydrogens (tertiary/aromatic N) is 2. The van der Waals surface area contributed by atoms with Crippen LogP contribution in [-0.4, -0.2) is 29.2 Å². The number of anilines is 2. The van der Waals surface area contributed by atoms with Crippen LogP contribution >= 0.6 is 11.6 Å². The third kappa shape index (κ3) is 2.98. The molecular weight excluding hydrogens is 240 g/mol. The summed E-state index contributed by atoms with van der Waals surface area (Å²) in [5.74, 6) is 1.30. The van der Waals surface area contributed by atoms with Gasteiger partial charge in [0.15, 0.2) is 11.0 Å².